The molecule has 1 aromatic carbocycles. The minimum atomic E-state index is 0.358. The summed E-state index contributed by atoms with van der Waals surface area (Å²) in [6, 6.07) is 9.36. The maximum atomic E-state index is 5.81. The molecule has 2 aliphatic rings. The van der Waals surface area contributed by atoms with E-state index in [1.807, 2.05) is 6.07 Å². The van der Waals surface area contributed by atoms with Gasteiger partial charge < -0.3 is 14.8 Å². The van der Waals surface area contributed by atoms with E-state index >= 15 is 0 Å². The minimum Gasteiger partial charge on any atom is -0.493 e. The first-order valence-corrected chi connectivity index (χ1v) is 7.35. The third-order valence-electron chi connectivity index (χ3n) is 4.09. The van der Waals surface area contributed by atoms with Crippen LogP contribution in [0.25, 0.3) is 0 Å². The molecule has 2 heterocycles. The van der Waals surface area contributed by atoms with E-state index in [9.17, 15) is 0 Å². The highest BCUT2D eigenvalue weighted by Crippen LogP contribution is 2.33. The molecule has 1 aromatic rings. The molecule has 1 fully saturated rings. The summed E-state index contributed by atoms with van der Waals surface area (Å²) in [6.45, 7) is 5.15. The van der Waals surface area contributed by atoms with Crippen LogP contribution in [0.4, 0.5) is 0 Å². The zero-order chi connectivity index (χ0) is 13.2. The van der Waals surface area contributed by atoms with Crippen LogP contribution in [0.1, 0.15) is 44.7 Å². The lowest BCUT2D eigenvalue weighted by molar-refractivity contribution is -0.0441. The molecule has 0 aliphatic carbocycles. The van der Waals surface area contributed by atoms with Crippen molar-refractivity contribution < 1.29 is 9.47 Å². The third-order valence-corrected chi connectivity index (χ3v) is 4.09. The zero-order valence-electron chi connectivity index (χ0n) is 11.8. The molecule has 1 saturated heterocycles. The quantitative estimate of drug-likeness (QED) is 0.887. The summed E-state index contributed by atoms with van der Waals surface area (Å²) in [4.78, 5) is 0. The average molecular weight is 261 g/mol. The van der Waals surface area contributed by atoms with E-state index in [0.717, 1.165) is 31.6 Å². The maximum absolute atomic E-state index is 5.81. The summed E-state index contributed by atoms with van der Waals surface area (Å²) in [7, 11) is 0. The van der Waals surface area contributed by atoms with Crippen LogP contribution in [0.5, 0.6) is 5.75 Å². The average Bonchev–Trinajstić information content (AvgIpc) is 2.38. The number of nitrogens with one attached hydrogen (secondary N) is 1. The zero-order valence-corrected chi connectivity index (χ0v) is 11.8. The van der Waals surface area contributed by atoms with Gasteiger partial charge in [0.05, 0.1) is 18.8 Å². The predicted octanol–water partition coefficient (Wildman–Crippen LogP) is 3.06. The second-order valence-electron chi connectivity index (χ2n) is 5.82. The first-order valence-electron chi connectivity index (χ1n) is 7.35. The highest BCUT2D eigenvalue weighted by atomic mass is 16.5. The van der Waals surface area contributed by atoms with Crippen LogP contribution in [0.2, 0.25) is 0 Å². The Labute approximate surface area is 115 Å². The Bertz CT molecular complexity index is 425. The fourth-order valence-electron chi connectivity index (χ4n) is 3.34. The van der Waals surface area contributed by atoms with Crippen LogP contribution < -0.4 is 10.1 Å². The summed E-state index contributed by atoms with van der Waals surface area (Å²) < 4.78 is 11.5. The van der Waals surface area contributed by atoms with Gasteiger partial charge in [-0.05, 0) is 32.8 Å². The molecule has 2 aliphatic heterocycles. The molecule has 104 valence electrons. The monoisotopic (exact) mass is 261 g/mol. The smallest absolute Gasteiger partial charge is 0.124 e. The number of fused-ring (bicyclic) bond motifs is 1. The van der Waals surface area contributed by atoms with Crippen molar-refractivity contribution in [1.29, 1.82) is 0 Å². The van der Waals surface area contributed by atoms with Crippen molar-refractivity contribution in [3.63, 3.8) is 0 Å². The van der Waals surface area contributed by atoms with E-state index in [1.54, 1.807) is 0 Å². The predicted molar refractivity (Wildman–Crippen MR) is 75.5 cm³/mol. The van der Waals surface area contributed by atoms with Gasteiger partial charge in [0.1, 0.15) is 5.75 Å². The fourth-order valence-corrected chi connectivity index (χ4v) is 3.34. The SMILES string of the molecule is CC1CC(NC2CCOc3ccccc32)CC(C)O1. The molecule has 0 aromatic heterocycles. The Kier molecular flexibility index (Phi) is 3.76. The normalized spacial score (nSPS) is 34.4. The van der Waals surface area contributed by atoms with Crippen LogP contribution >= 0.6 is 0 Å². The lowest BCUT2D eigenvalue weighted by atomic mass is 9.95. The van der Waals surface area contributed by atoms with Crippen LogP contribution in [0.15, 0.2) is 24.3 Å². The van der Waals surface area contributed by atoms with E-state index < -0.39 is 0 Å². The van der Waals surface area contributed by atoms with Crippen LogP contribution in [-0.4, -0.2) is 24.9 Å². The number of rotatable bonds is 2. The van der Waals surface area contributed by atoms with Gasteiger partial charge in [-0.25, -0.2) is 0 Å². The van der Waals surface area contributed by atoms with E-state index in [1.165, 1.54) is 5.56 Å². The molecule has 19 heavy (non-hydrogen) atoms. The molecule has 3 unspecified atom stereocenters. The molecule has 3 rings (SSSR count). The van der Waals surface area contributed by atoms with Gasteiger partial charge in [0.15, 0.2) is 0 Å². The van der Waals surface area contributed by atoms with Crippen molar-refractivity contribution in [2.45, 2.75) is 57.4 Å². The van der Waals surface area contributed by atoms with Gasteiger partial charge in [0.25, 0.3) is 0 Å². The van der Waals surface area contributed by atoms with E-state index in [4.69, 9.17) is 9.47 Å². The summed E-state index contributed by atoms with van der Waals surface area (Å²) in [5.74, 6) is 1.04. The molecule has 3 atom stereocenters. The van der Waals surface area contributed by atoms with Crippen LogP contribution in [-0.2, 0) is 4.74 Å². The topological polar surface area (TPSA) is 30.5 Å². The highest BCUT2D eigenvalue weighted by Gasteiger charge is 2.28. The molecule has 0 radical (unpaired) electrons. The number of hydrogen-bond acceptors (Lipinski definition) is 3. The Hall–Kier alpha value is -1.06. The lowest BCUT2D eigenvalue weighted by Gasteiger charge is -2.36. The Morgan fingerprint density at radius 1 is 1.11 bits per heavy atom. The minimum absolute atomic E-state index is 0.358. The Morgan fingerprint density at radius 3 is 2.63 bits per heavy atom. The maximum Gasteiger partial charge on any atom is 0.124 e. The number of hydrogen-bond donors (Lipinski definition) is 1. The van der Waals surface area contributed by atoms with Gasteiger partial charge in [0, 0.05) is 24.1 Å². The highest BCUT2D eigenvalue weighted by molar-refractivity contribution is 5.37. The summed E-state index contributed by atoms with van der Waals surface area (Å²) in [5.41, 5.74) is 1.31. The number of ether oxygens (including phenoxy) is 2. The van der Waals surface area contributed by atoms with Crippen molar-refractivity contribution in [2.75, 3.05) is 6.61 Å². The molecular weight excluding hydrogens is 238 g/mol. The number of para-hydroxylation sites is 1. The Balaban J connectivity index is 1.70. The van der Waals surface area contributed by atoms with Crippen LogP contribution in [0, 0.1) is 0 Å². The molecule has 0 spiro atoms. The van der Waals surface area contributed by atoms with Crippen molar-refractivity contribution in [2.24, 2.45) is 0 Å². The van der Waals surface area contributed by atoms with E-state index in [0.29, 0.717) is 24.3 Å². The summed E-state index contributed by atoms with van der Waals surface area (Å²) in [6.07, 6.45) is 3.97. The van der Waals surface area contributed by atoms with Crippen molar-refractivity contribution in [3.05, 3.63) is 29.8 Å². The second-order valence-corrected chi connectivity index (χ2v) is 5.82. The van der Waals surface area contributed by atoms with Gasteiger partial charge in [-0.3, -0.25) is 0 Å². The van der Waals surface area contributed by atoms with Gasteiger partial charge >= 0.3 is 0 Å². The standard InChI is InChI=1S/C16H23NO2/c1-11-9-13(10-12(2)19-11)17-15-7-8-18-16-6-4-3-5-14(15)16/h3-6,11-13,15,17H,7-10H2,1-2H3. The largest absolute Gasteiger partial charge is 0.493 e. The second kappa shape index (κ2) is 5.51. The van der Waals surface area contributed by atoms with Crippen molar-refractivity contribution >= 4 is 0 Å². The van der Waals surface area contributed by atoms with Gasteiger partial charge in [-0.1, -0.05) is 18.2 Å². The van der Waals surface area contributed by atoms with Gasteiger partial charge in [-0.2, -0.15) is 0 Å². The molecular formula is C16H23NO2. The third kappa shape index (κ3) is 2.93. The first kappa shape index (κ1) is 12.9. The van der Waals surface area contributed by atoms with Gasteiger partial charge in [-0.15, -0.1) is 0 Å². The molecule has 3 heteroatoms. The fraction of sp³-hybridized carbons (Fsp3) is 0.625. The van der Waals surface area contributed by atoms with E-state index in [2.05, 4.69) is 37.4 Å². The summed E-state index contributed by atoms with van der Waals surface area (Å²) >= 11 is 0. The van der Waals surface area contributed by atoms with Crippen LogP contribution in [0.3, 0.4) is 0 Å². The first-order chi connectivity index (χ1) is 9.22. The molecule has 0 saturated carbocycles. The van der Waals surface area contributed by atoms with Gasteiger partial charge in [0.2, 0.25) is 0 Å². The van der Waals surface area contributed by atoms with E-state index in [-0.39, 0.29) is 0 Å². The molecule has 0 amide bonds. The number of benzene rings is 1. The molecule has 0 bridgehead atoms. The van der Waals surface area contributed by atoms with Crippen molar-refractivity contribution in [3.8, 4) is 5.75 Å². The summed E-state index contributed by atoms with van der Waals surface area (Å²) in [5, 5.41) is 3.81. The molecule has 1 N–H and O–H groups in total. The Morgan fingerprint density at radius 2 is 1.84 bits per heavy atom. The lowest BCUT2D eigenvalue weighted by Crippen LogP contribution is -2.43. The van der Waals surface area contributed by atoms with Crippen molar-refractivity contribution in [1.82, 2.24) is 5.32 Å². The molecule has 3 nitrogen and oxygen atoms in total.